The number of rotatable bonds is 8. The zero-order chi connectivity index (χ0) is 16.0. The van der Waals surface area contributed by atoms with Crippen LogP contribution in [0.2, 0.25) is 5.02 Å². The Morgan fingerprint density at radius 3 is 2.52 bits per heavy atom. The number of sulfonamides is 1. The molecule has 0 aromatic heterocycles. The summed E-state index contributed by atoms with van der Waals surface area (Å²) >= 11 is 5.66. The maximum Gasteiger partial charge on any atom is 0.243 e. The first-order valence-electron chi connectivity index (χ1n) is 7.08. The summed E-state index contributed by atoms with van der Waals surface area (Å²) < 4.78 is 41.2. The van der Waals surface area contributed by atoms with Crippen LogP contribution in [-0.4, -0.2) is 14.5 Å². The van der Waals surface area contributed by atoms with Crippen molar-refractivity contribution in [2.75, 3.05) is 5.73 Å². The fraction of sp³-hybridized carbons (Fsp3) is 0.571. The second-order valence-electron chi connectivity index (χ2n) is 5.06. The normalized spacial score (nSPS) is 13.3. The smallest absolute Gasteiger partial charge is 0.243 e. The third kappa shape index (κ3) is 5.13. The van der Waals surface area contributed by atoms with Gasteiger partial charge in [0.1, 0.15) is 4.90 Å². The lowest BCUT2D eigenvalue weighted by Gasteiger charge is -2.18. The zero-order valence-corrected chi connectivity index (χ0v) is 13.9. The molecule has 0 aliphatic heterocycles. The van der Waals surface area contributed by atoms with Gasteiger partial charge in [-0.15, -0.1) is 0 Å². The Morgan fingerprint density at radius 1 is 1.29 bits per heavy atom. The van der Waals surface area contributed by atoms with Crippen molar-refractivity contribution in [3.63, 3.8) is 0 Å². The maximum absolute atomic E-state index is 14.0. The van der Waals surface area contributed by atoms with Crippen LogP contribution in [0.4, 0.5) is 10.1 Å². The van der Waals surface area contributed by atoms with E-state index in [0.717, 1.165) is 31.7 Å². The molecule has 0 amide bonds. The molecule has 0 saturated heterocycles. The Kier molecular flexibility index (Phi) is 6.90. The highest BCUT2D eigenvalue weighted by Crippen LogP contribution is 2.26. The summed E-state index contributed by atoms with van der Waals surface area (Å²) in [5.41, 5.74) is 5.66. The number of hydrogen-bond donors (Lipinski definition) is 2. The Balaban J connectivity index is 3.04. The van der Waals surface area contributed by atoms with E-state index < -0.39 is 20.7 Å². The van der Waals surface area contributed by atoms with Crippen LogP contribution in [0.25, 0.3) is 0 Å². The highest BCUT2D eigenvalue weighted by molar-refractivity contribution is 7.89. The second kappa shape index (κ2) is 7.96. The van der Waals surface area contributed by atoms with Gasteiger partial charge in [-0.1, -0.05) is 44.7 Å². The summed E-state index contributed by atoms with van der Waals surface area (Å²) in [4.78, 5) is -0.495. The number of hydrogen-bond acceptors (Lipinski definition) is 3. The van der Waals surface area contributed by atoms with E-state index >= 15 is 0 Å². The van der Waals surface area contributed by atoms with E-state index in [4.69, 9.17) is 17.3 Å². The molecule has 0 saturated carbocycles. The van der Waals surface area contributed by atoms with Gasteiger partial charge in [0, 0.05) is 11.7 Å². The van der Waals surface area contributed by atoms with Gasteiger partial charge in [0.15, 0.2) is 5.82 Å². The number of nitrogen functional groups attached to an aromatic ring is 1. The molecule has 0 aliphatic carbocycles. The zero-order valence-electron chi connectivity index (χ0n) is 12.3. The Labute approximate surface area is 130 Å². The number of halogens is 2. The molecule has 3 N–H and O–H groups in total. The van der Waals surface area contributed by atoms with Crippen LogP contribution in [0, 0.1) is 5.82 Å². The standard InChI is InChI=1S/C14H22ClFN2O2S/c1-3-5-7-11(6-4-2)18-21(19,20)13-9-10(17)8-12(15)14(13)16/h8-9,11,18H,3-7,17H2,1-2H3. The van der Waals surface area contributed by atoms with Crippen molar-refractivity contribution in [2.24, 2.45) is 0 Å². The summed E-state index contributed by atoms with van der Waals surface area (Å²) in [6, 6.07) is 2.07. The summed E-state index contributed by atoms with van der Waals surface area (Å²) in [7, 11) is -3.98. The number of nitrogens with one attached hydrogen (secondary N) is 1. The van der Waals surface area contributed by atoms with Crippen LogP contribution in [0.5, 0.6) is 0 Å². The lowest BCUT2D eigenvalue weighted by atomic mass is 10.1. The van der Waals surface area contributed by atoms with E-state index in [2.05, 4.69) is 4.72 Å². The van der Waals surface area contributed by atoms with Gasteiger partial charge >= 0.3 is 0 Å². The molecule has 21 heavy (non-hydrogen) atoms. The van der Waals surface area contributed by atoms with Gasteiger partial charge in [-0.2, -0.15) is 0 Å². The molecule has 120 valence electrons. The topological polar surface area (TPSA) is 72.2 Å². The third-order valence-electron chi connectivity index (χ3n) is 3.17. The first kappa shape index (κ1) is 18.2. The van der Waals surface area contributed by atoms with Crippen LogP contribution in [0.15, 0.2) is 17.0 Å². The number of unbranched alkanes of at least 4 members (excludes halogenated alkanes) is 1. The minimum atomic E-state index is -3.98. The van der Waals surface area contributed by atoms with E-state index in [1.54, 1.807) is 0 Å². The summed E-state index contributed by atoms with van der Waals surface area (Å²) in [6.07, 6.45) is 4.16. The van der Waals surface area contributed by atoms with Crippen LogP contribution in [0.3, 0.4) is 0 Å². The fourth-order valence-corrected chi connectivity index (χ4v) is 3.85. The molecule has 1 aromatic rings. The van der Waals surface area contributed by atoms with Crippen molar-refractivity contribution >= 4 is 27.3 Å². The fourth-order valence-electron chi connectivity index (χ4n) is 2.12. The Hall–Kier alpha value is -0.850. The van der Waals surface area contributed by atoms with Crippen molar-refractivity contribution in [1.29, 1.82) is 0 Å². The van der Waals surface area contributed by atoms with Gasteiger partial charge in [-0.25, -0.2) is 17.5 Å². The van der Waals surface area contributed by atoms with Crippen molar-refractivity contribution in [3.05, 3.63) is 23.0 Å². The van der Waals surface area contributed by atoms with Gasteiger partial charge < -0.3 is 5.73 Å². The largest absolute Gasteiger partial charge is 0.399 e. The minimum Gasteiger partial charge on any atom is -0.399 e. The first-order valence-corrected chi connectivity index (χ1v) is 8.94. The quantitative estimate of drug-likeness (QED) is 0.711. The lowest BCUT2D eigenvalue weighted by Crippen LogP contribution is -2.35. The van der Waals surface area contributed by atoms with E-state index in [1.165, 1.54) is 6.07 Å². The molecule has 0 fully saturated rings. The van der Waals surface area contributed by atoms with Crippen molar-refractivity contribution in [2.45, 2.75) is 56.9 Å². The Morgan fingerprint density at radius 2 is 1.95 bits per heavy atom. The second-order valence-corrected chi connectivity index (χ2v) is 7.15. The number of benzene rings is 1. The van der Waals surface area contributed by atoms with Crippen LogP contribution >= 0.6 is 11.6 Å². The average molecular weight is 337 g/mol. The van der Waals surface area contributed by atoms with E-state index in [9.17, 15) is 12.8 Å². The number of anilines is 1. The third-order valence-corrected chi connectivity index (χ3v) is 4.97. The minimum absolute atomic E-state index is 0.113. The lowest BCUT2D eigenvalue weighted by molar-refractivity contribution is 0.480. The molecule has 1 unspecified atom stereocenters. The molecule has 0 radical (unpaired) electrons. The molecule has 1 rings (SSSR count). The molecule has 0 aliphatic rings. The van der Waals surface area contributed by atoms with Gasteiger partial charge in [-0.05, 0) is 25.0 Å². The van der Waals surface area contributed by atoms with Crippen LogP contribution in [0.1, 0.15) is 46.0 Å². The van der Waals surface area contributed by atoms with Crippen LogP contribution in [-0.2, 0) is 10.0 Å². The van der Waals surface area contributed by atoms with Gasteiger partial charge in [0.05, 0.1) is 5.02 Å². The first-order chi connectivity index (χ1) is 9.81. The van der Waals surface area contributed by atoms with E-state index in [1.807, 2.05) is 13.8 Å². The van der Waals surface area contributed by atoms with Crippen molar-refractivity contribution in [3.8, 4) is 0 Å². The van der Waals surface area contributed by atoms with Crippen LogP contribution < -0.4 is 10.5 Å². The number of nitrogens with two attached hydrogens (primary N) is 1. The summed E-state index contributed by atoms with van der Waals surface area (Å²) in [5, 5.41) is -0.295. The maximum atomic E-state index is 14.0. The molecule has 1 atom stereocenters. The SMILES string of the molecule is CCCCC(CCC)NS(=O)(=O)c1cc(N)cc(Cl)c1F. The predicted octanol–water partition coefficient (Wildman–Crippen LogP) is 3.70. The highest BCUT2D eigenvalue weighted by Gasteiger charge is 2.24. The van der Waals surface area contributed by atoms with Crippen molar-refractivity contribution < 1.29 is 12.8 Å². The molecule has 1 aromatic carbocycles. The monoisotopic (exact) mass is 336 g/mol. The molecular formula is C14H22ClFN2O2S. The highest BCUT2D eigenvalue weighted by atomic mass is 35.5. The van der Waals surface area contributed by atoms with E-state index in [0.29, 0.717) is 6.42 Å². The van der Waals surface area contributed by atoms with Crippen molar-refractivity contribution in [1.82, 2.24) is 4.72 Å². The van der Waals surface area contributed by atoms with Gasteiger partial charge in [0.25, 0.3) is 0 Å². The summed E-state index contributed by atoms with van der Waals surface area (Å²) in [5.74, 6) is -0.968. The average Bonchev–Trinajstić information content (AvgIpc) is 2.40. The summed E-state index contributed by atoms with van der Waals surface area (Å²) in [6.45, 7) is 4.01. The van der Waals surface area contributed by atoms with E-state index in [-0.39, 0.29) is 16.8 Å². The molecular weight excluding hydrogens is 315 g/mol. The van der Waals surface area contributed by atoms with Gasteiger partial charge in [0.2, 0.25) is 10.0 Å². The molecule has 0 bridgehead atoms. The Bertz CT molecular complexity index is 579. The van der Waals surface area contributed by atoms with Gasteiger partial charge in [-0.3, -0.25) is 0 Å². The molecule has 7 heteroatoms. The molecule has 0 heterocycles. The predicted molar refractivity (Wildman–Crippen MR) is 84.4 cm³/mol. The molecule has 0 spiro atoms. The molecule has 4 nitrogen and oxygen atoms in total.